The molecule has 30 heteroatoms. The lowest BCUT2D eigenvalue weighted by molar-refractivity contribution is 0.103. The maximum absolute atomic E-state index is 13.6. The largest absolute Gasteiger partial charge is 0.318 e. The minimum absolute atomic E-state index is 0.244. The van der Waals surface area contributed by atoms with Crippen LogP contribution in [0.1, 0.15) is 182 Å². The van der Waals surface area contributed by atoms with Crippen LogP contribution >= 0.6 is 0 Å². The van der Waals surface area contributed by atoms with Crippen LogP contribution in [0.4, 0.5) is 13.2 Å². The van der Waals surface area contributed by atoms with Gasteiger partial charge in [0, 0.05) is 186 Å². The highest BCUT2D eigenvalue weighted by atomic mass is 32.2. The van der Waals surface area contributed by atoms with E-state index in [0.29, 0.717) is 78.3 Å². The van der Waals surface area contributed by atoms with E-state index < -0.39 is 106 Å². The minimum Gasteiger partial charge on any atom is -0.318 e. The molecule has 0 saturated heterocycles. The van der Waals surface area contributed by atoms with Crippen molar-refractivity contribution < 1.29 is 65.4 Å². The van der Waals surface area contributed by atoms with E-state index in [4.69, 9.17) is 5.14 Å². The highest BCUT2D eigenvalue weighted by Crippen LogP contribution is 2.39. The van der Waals surface area contributed by atoms with Crippen LogP contribution in [0, 0.1) is 17.5 Å². The summed E-state index contributed by atoms with van der Waals surface area (Å²) in [4.78, 5) is 78.7. The van der Waals surface area contributed by atoms with Crippen LogP contribution in [0.25, 0.3) is 33.4 Å². The number of rotatable bonds is 26. The van der Waals surface area contributed by atoms with Crippen LogP contribution in [0.15, 0.2) is 179 Å². The van der Waals surface area contributed by atoms with Gasteiger partial charge < -0.3 is 13.7 Å². The van der Waals surface area contributed by atoms with Gasteiger partial charge in [-0.2, -0.15) is 0 Å². The van der Waals surface area contributed by atoms with Gasteiger partial charge in [0.1, 0.15) is 17.5 Å². The summed E-state index contributed by atoms with van der Waals surface area (Å²) in [6.07, 6.45) is 4.82. The van der Waals surface area contributed by atoms with Crippen molar-refractivity contribution in [3.63, 3.8) is 0 Å². The van der Waals surface area contributed by atoms with Crippen molar-refractivity contribution in [2.45, 2.75) is 132 Å². The Hall–Kier alpha value is -8.85. The third-order valence-corrected chi connectivity index (χ3v) is 29.1. The van der Waals surface area contributed by atoms with Gasteiger partial charge in [-0.3, -0.25) is 41.4 Å². The average Bonchev–Trinajstić information content (AvgIpc) is 0.779. The fourth-order valence-corrected chi connectivity index (χ4v) is 17.6. The first-order valence-electron chi connectivity index (χ1n) is 36.1. The molecule has 0 aliphatic carbocycles. The number of aryl methyl sites for hydroxylation is 3. The first kappa shape index (κ1) is 92.3. The van der Waals surface area contributed by atoms with Crippen LogP contribution in [0.3, 0.4) is 0 Å². The van der Waals surface area contributed by atoms with Crippen LogP contribution in [-0.4, -0.2) is 126 Å². The number of carbonyl (C=O) groups is 3. The van der Waals surface area contributed by atoms with Gasteiger partial charge in [-0.25, -0.2) is 52.6 Å². The third-order valence-electron chi connectivity index (χ3n) is 18.7. The molecule has 3 heterocycles. The Morgan fingerprint density at radius 1 is 0.421 bits per heavy atom. The summed E-state index contributed by atoms with van der Waals surface area (Å²) in [7, 11) is -5.73. The molecule has 3 N–H and O–H groups in total. The SMILES string of the molecule is CNS(=O)(=O)Cc1ccc(C(=O)c2ccc(F)cc2)c(-c2cn(C)c(=O)cc2[C@H](C)C[S@@](=O)C(C)(C)C)c1.C[C@H](C[S@@](=O)C(C)(C)C)c1cc(=O)n(C)cc1-c1cc(CS(=O)(=O)N(C)C)ccc1C(=O)c1ccc(F)cc1.C[C@H](C[S@@](=O)C(C)(C)C)c1cc(=O)n(C)cc1-c1cc(CS(N)(=O)=O)ccc1C(=O)c1ccc(F)cc1. The third kappa shape index (κ3) is 24.4. The average molecular weight is 1680 g/mol. The molecule has 0 aliphatic rings. The normalized spacial score (nSPS) is 13.8. The number of ketones is 3. The van der Waals surface area contributed by atoms with E-state index in [1.807, 2.05) is 83.1 Å². The number of hydrogen-bond donors (Lipinski definition) is 2. The molecule has 0 bridgehead atoms. The van der Waals surface area contributed by atoms with Crippen molar-refractivity contribution in [1.29, 1.82) is 0 Å². The lowest BCUT2D eigenvalue weighted by atomic mass is 9.88. The summed E-state index contributed by atoms with van der Waals surface area (Å²) in [5.74, 6) is -3.72. The zero-order valence-electron chi connectivity index (χ0n) is 67.1. The van der Waals surface area contributed by atoms with Crippen molar-refractivity contribution in [3.05, 3.63) is 279 Å². The predicted octanol–water partition coefficient (Wildman–Crippen LogP) is 12.4. The molecule has 612 valence electrons. The lowest BCUT2D eigenvalue weighted by Crippen LogP contribution is -2.27. The molecule has 6 aromatic carbocycles. The second kappa shape index (κ2) is 37.4. The quantitative estimate of drug-likeness (QED) is 0.0476. The molecule has 3 aromatic heterocycles. The van der Waals surface area contributed by atoms with E-state index in [1.165, 1.54) is 138 Å². The first-order valence-corrected chi connectivity index (χ1v) is 45.0. The number of sulfonamides is 3. The Bertz CT molecular complexity index is 5750. The van der Waals surface area contributed by atoms with Gasteiger partial charge in [0.25, 0.3) is 16.7 Å². The molecule has 21 nitrogen and oxygen atoms in total. The molecule has 9 rings (SSSR count). The van der Waals surface area contributed by atoms with E-state index in [2.05, 4.69) is 4.72 Å². The standard InChI is InChI=1S/C29H35FN2O5S2.C28H33FN2O5S2.C27H31FN2O5S2/c1-19(17-38(35)29(2,3)4)24-15-27(33)32(7)16-26(24)25-14-20(18-39(36,37)31(5)6)8-13-23(25)28(34)21-9-11-22(30)12-10-21;1-18(16-37(34)28(2,3)4)23-14-26(32)31(6)15-25(23)24-13-19(17-38(35,36)30-5)7-12-22(24)27(33)20-8-10-21(29)11-9-20;1-17(15-36(33)27(2,3)4)22-13-25(31)30(5)14-24(22)23-12-18(16-37(29,34)35)6-11-21(23)26(32)19-7-9-20(28)10-8-19/h8-16,19H,17-18H2,1-7H3;7-15,18,30H,16-17H2,1-6H3;6-14,17H,15-16H2,1-5H3,(H2,29,34,35)/t19-,38-;18-,37-;17-,36-/m111/s1. The van der Waals surface area contributed by atoms with E-state index in [0.717, 1.165) is 4.31 Å². The Kier molecular flexibility index (Phi) is 30.3. The van der Waals surface area contributed by atoms with Crippen LogP contribution in [0.5, 0.6) is 0 Å². The molecular formula is C84H99F3N6O15S6. The van der Waals surface area contributed by atoms with E-state index in [9.17, 15) is 79.8 Å². The van der Waals surface area contributed by atoms with E-state index >= 15 is 0 Å². The summed E-state index contributed by atoms with van der Waals surface area (Å²) in [5, 5.41) is 5.27. The lowest BCUT2D eigenvalue weighted by Gasteiger charge is -2.23. The zero-order chi connectivity index (χ0) is 85.4. The maximum Gasteiger partial charge on any atom is 0.250 e. The molecule has 6 atom stereocenters. The van der Waals surface area contributed by atoms with Gasteiger partial charge in [0.15, 0.2) is 17.3 Å². The molecule has 0 radical (unpaired) electrons. The Morgan fingerprint density at radius 2 is 0.675 bits per heavy atom. The number of benzene rings is 6. The smallest absolute Gasteiger partial charge is 0.250 e. The molecule has 0 aliphatic heterocycles. The van der Waals surface area contributed by atoms with Gasteiger partial charge >= 0.3 is 0 Å². The number of nitrogens with two attached hydrogens (primary N) is 1. The van der Waals surface area contributed by atoms with Crippen LogP contribution in [-0.2, 0) is 101 Å². The number of carbonyl (C=O) groups excluding carboxylic acids is 3. The molecule has 0 unspecified atom stereocenters. The van der Waals surface area contributed by atoms with Gasteiger partial charge in [0.05, 0.1) is 17.3 Å². The number of halogens is 3. The molecule has 0 saturated carbocycles. The fraction of sp³-hybridized carbons (Fsp3) is 0.357. The Labute approximate surface area is 673 Å². The Balaban J connectivity index is 0.000000237. The summed E-state index contributed by atoms with van der Waals surface area (Å²) in [6, 6.07) is 34.0. The summed E-state index contributed by atoms with van der Waals surface area (Å²) in [6.45, 7) is 22.5. The molecule has 0 spiro atoms. The van der Waals surface area contributed by atoms with Gasteiger partial charge in [-0.05, 0) is 228 Å². The first-order chi connectivity index (χ1) is 52.7. The molecular weight excluding hydrogens is 1580 g/mol. The maximum atomic E-state index is 13.6. The number of pyridine rings is 3. The number of aromatic nitrogens is 3. The summed E-state index contributed by atoms with van der Waals surface area (Å²) in [5.41, 5.74) is 6.72. The van der Waals surface area contributed by atoms with Crippen LogP contribution in [0.2, 0.25) is 0 Å². The van der Waals surface area contributed by atoms with Crippen molar-refractivity contribution in [1.82, 2.24) is 22.7 Å². The van der Waals surface area contributed by atoms with E-state index in [-0.39, 0.29) is 96.6 Å². The van der Waals surface area contributed by atoms with Crippen molar-refractivity contribution in [2.75, 3.05) is 38.4 Å². The van der Waals surface area contributed by atoms with Crippen LogP contribution < -0.4 is 26.5 Å². The van der Waals surface area contributed by atoms with E-state index in [1.54, 1.807) is 82.2 Å². The minimum atomic E-state index is -3.86. The number of primary sulfonamides is 1. The fourth-order valence-electron chi connectivity index (χ4n) is 12.0. The molecule has 0 amide bonds. The van der Waals surface area contributed by atoms with Gasteiger partial charge in [-0.15, -0.1) is 0 Å². The number of nitrogens with zero attached hydrogens (tertiary/aromatic N) is 4. The molecule has 114 heavy (non-hydrogen) atoms. The van der Waals surface area contributed by atoms with Gasteiger partial charge in [-0.1, -0.05) is 57.2 Å². The Morgan fingerprint density at radius 3 is 0.912 bits per heavy atom. The highest BCUT2D eigenvalue weighted by Gasteiger charge is 2.31. The van der Waals surface area contributed by atoms with Gasteiger partial charge in [0.2, 0.25) is 30.1 Å². The molecule has 9 aromatic rings. The van der Waals surface area contributed by atoms with Crippen molar-refractivity contribution in [2.24, 2.45) is 26.3 Å². The summed E-state index contributed by atoms with van der Waals surface area (Å²) >= 11 is 0. The van der Waals surface area contributed by atoms with Crippen molar-refractivity contribution in [3.8, 4) is 33.4 Å². The monoisotopic (exact) mass is 1680 g/mol. The second-order valence-corrected chi connectivity index (χ2v) is 43.8. The number of hydrogen-bond acceptors (Lipinski definition) is 15. The topological polar surface area (TPSA) is 312 Å². The number of nitrogens with one attached hydrogen (secondary N) is 1. The second-order valence-electron chi connectivity index (χ2n) is 31.3. The zero-order valence-corrected chi connectivity index (χ0v) is 72.0. The highest BCUT2D eigenvalue weighted by molar-refractivity contribution is 7.89. The summed E-state index contributed by atoms with van der Waals surface area (Å²) < 4.78 is 159. The predicted molar refractivity (Wildman–Crippen MR) is 449 cm³/mol. The van der Waals surface area contributed by atoms with Crippen molar-refractivity contribution >= 4 is 79.8 Å². The molecule has 0 fully saturated rings.